The van der Waals surface area contributed by atoms with Gasteiger partial charge in [0.05, 0.1) is 24.9 Å². The molecule has 282 valence electrons. The van der Waals surface area contributed by atoms with Gasteiger partial charge in [0.2, 0.25) is 11.8 Å². The molecule has 4 aromatic rings. The van der Waals surface area contributed by atoms with E-state index in [1.165, 1.54) is 0 Å². The lowest BCUT2D eigenvalue weighted by Gasteiger charge is -2.39. The number of unbranched alkanes of at least 4 members (excludes halogenated alkanes) is 3. The van der Waals surface area contributed by atoms with E-state index < -0.39 is 12.4 Å². The van der Waals surface area contributed by atoms with Crippen LogP contribution in [0.3, 0.4) is 0 Å². The standard InChI is InChI=1S/C43H53N3O7/c1-30(42(50)34-12-6-5-7-13-34)46(2)28-37-26-39(33-20-18-31(29-47)19-21-33)53-43(52-37)35-24-22-32(23-25-35)38-15-11-10-14-36(38)27-44-40(48)16-8-3-4-9-17-41(49)45-51/h5-7,10-15,18-25,30,37,39,42-43,47,50-51H,3-4,8-9,16-17,26-29H2,1-2H3,(H,44,48)(H,45,49)/t30-,37+,39-,42-,43-/m0/s1. The molecule has 10 heteroatoms. The zero-order valence-corrected chi connectivity index (χ0v) is 30.7. The van der Waals surface area contributed by atoms with Crippen LogP contribution in [-0.4, -0.2) is 57.9 Å². The summed E-state index contributed by atoms with van der Waals surface area (Å²) in [6.07, 6.45) is 2.74. The second-order valence-electron chi connectivity index (χ2n) is 13.9. The van der Waals surface area contributed by atoms with E-state index in [-0.39, 0.29) is 43.1 Å². The summed E-state index contributed by atoms with van der Waals surface area (Å²) in [6.45, 7) is 3.00. The number of hydrogen-bond donors (Lipinski definition) is 5. The first kappa shape index (κ1) is 39.8. The van der Waals surface area contributed by atoms with Crippen molar-refractivity contribution >= 4 is 11.8 Å². The number of aliphatic hydroxyl groups excluding tert-OH is 2. The summed E-state index contributed by atoms with van der Waals surface area (Å²) in [4.78, 5) is 25.9. The number of rotatable bonds is 18. The highest BCUT2D eigenvalue weighted by Gasteiger charge is 2.34. The van der Waals surface area contributed by atoms with Crippen LogP contribution < -0.4 is 10.8 Å². The number of benzene rings is 4. The third-order valence-electron chi connectivity index (χ3n) is 10.1. The van der Waals surface area contributed by atoms with Crippen molar-refractivity contribution in [2.45, 2.75) is 95.7 Å². The maximum Gasteiger partial charge on any atom is 0.243 e. The van der Waals surface area contributed by atoms with Gasteiger partial charge in [-0.1, -0.05) is 116 Å². The minimum absolute atomic E-state index is 0.0143. The Hall–Kier alpha value is -4.42. The number of carbonyl (C=O) groups excluding carboxylic acids is 2. The van der Waals surface area contributed by atoms with Crippen LogP contribution in [0.15, 0.2) is 103 Å². The second kappa shape index (κ2) is 20.1. The molecule has 0 bridgehead atoms. The molecule has 1 fully saturated rings. The molecular formula is C43H53N3O7. The van der Waals surface area contributed by atoms with Crippen LogP contribution in [0.25, 0.3) is 11.1 Å². The van der Waals surface area contributed by atoms with Crippen molar-refractivity contribution in [2.24, 2.45) is 0 Å². The van der Waals surface area contributed by atoms with E-state index in [0.29, 0.717) is 32.4 Å². The number of aliphatic hydroxyl groups is 2. The van der Waals surface area contributed by atoms with Gasteiger partial charge in [0.15, 0.2) is 6.29 Å². The van der Waals surface area contributed by atoms with Gasteiger partial charge in [-0.2, -0.15) is 0 Å². The third kappa shape index (κ3) is 11.5. The van der Waals surface area contributed by atoms with Crippen LogP contribution in [0, 0.1) is 0 Å². The molecule has 2 amide bonds. The molecule has 1 saturated heterocycles. The Kier molecular flexibility index (Phi) is 15.1. The molecule has 1 aliphatic heterocycles. The molecule has 0 aliphatic carbocycles. The van der Waals surface area contributed by atoms with Gasteiger partial charge in [-0.05, 0) is 60.2 Å². The van der Waals surface area contributed by atoms with E-state index in [1.807, 2.05) is 98.9 Å². The van der Waals surface area contributed by atoms with Crippen molar-refractivity contribution in [3.63, 3.8) is 0 Å². The van der Waals surface area contributed by atoms with E-state index >= 15 is 0 Å². The maximum atomic E-state index is 12.6. The van der Waals surface area contributed by atoms with Crippen molar-refractivity contribution < 1.29 is 34.5 Å². The van der Waals surface area contributed by atoms with Crippen LogP contribution in [0.1, 0.15) is 98.2 Å². The van der Waals surface area contributed by atoms with Gasteiger partial charge in [0.1, 0.15) is 0 Å². The molecular weight excluding hydrogens is 670 g/mol. The largest absolute Gasteiger partial charge is 0.392 e. The lowest BCUT2D eigenvalue weighted by atomic mass is 9.97. The van der Waals surface area contributed by atoms with Gasteiger partial charge in [-0.15, -0.1) is 0 Å². The average Bonchev–Trinajstić information content (AvgIpc) is 3.21. The highest BCUT2D eigenvalue weighted by molar-refractivity contribution is 5.76. The lowest BCUT2D eigenvalue weighted by Crippen LogP contribution is -2.43. The number of hydroxylamine groups is 1. The molecule has 4 aromatic carbocycles. The molecule has 1 aliphatic rings. The van der Waals surface area contributed by atoms with Crippen molar-refractivity contribution in [1.82, 2.24) is 15.7 Å². The summed E-state index contributed by atoms with van der Waals surface area (Å²) in [5.41, 5.74) is 8.30. The summed E-state index contributed by atoms with van der Waals surface area (Å²) in [5, 5.41) is 32.3. The van der Waals surface area contributed by atoms with E-state index in [1.54, 1.807) is 5.48 Å². The summed E-state index contributed by atoms with van der Waals surface area (Å²) in [5.74, 6) is -0.402. The second-order valence-corrected chi connectivity index (χ2v) is 13.9. The number of hydrogen-bond acceptors (Lipinski definition) is 8. The fraction of sp³-hybridized carbons (Fsp3) is 0.395. The molecule has 0 spiro atoms. The van der Waals surface area contributed by atoms with E-state index in [0.717, 1.165) is 58.2 Å². The van der Waals surface area contributed by atoms with Crippen molar-refractivity contribution in [3.8, 4) is 11.1 Å². The molecule has 5 rings (SSSR count). The molecule has 0 radical (unpaired) electrons. The highest BCUT2D eigenvalue weighted by Crippen LogP contribution is 2.39. The Balaban J connectivity index is 1.24. The van der Waals surface area contributed by atoms with Gasteiger partial charge >= 0.3 is 0 Å². The minimum atomic E-state index is -0.646. The first-order valence-corrected chi connectivity index (χ1v) is 18.6. The Morgan fingerprint density at radius 3 is 2.13 bits per heavy atom. The maximum absolute atomic E-state index is 12.6. The first-order valence-electron chi connectivity index (χ1n) is 18.6. The van der Waals surface area contributed by atoms with Gasteiger partial charge in [-0.3, -0.25) is 19.7 Å². The van der Waals surface area contributed by atoms with Crippen LogP contribution in [-0.2, 0) is 32.2 Å². The third-order valence-corrected chi connectivity index (χ3v) is 10.1. The summed E-state index contributed by atoms with van der Waals surface area (Å²) < 4.78 is 13.2. The summed E-state index contributed by atoms with van der Waals surface area (Å²) in [6, 6.07) is 33.6. The zero-order valence-electron chi connectivity index (χ0n) is 30.7. The van der Waals surface area contributed by atoms with Gasteiger partial charge in [0, 0.05) is 44.0 Å². The fourth-order valence-corrected chi connectivity index (χ4v) is 6.73. The Labute approximate surface area is 312 Å². The molecule has 53 heavy (non-hydrogen) atoms. The average molecular weight is 724 g/mol. The summed E-state index contributed by atoms with van der Waals surface area (Å²) >= 11 is 0. The number of nitrogens with one attached hydrogen (secondary N) is 2. The van der Waals surface area contributed by atoms with Gasteiger partial charge in [0.25, 0.3) is 0 Å². The van der Waals surface area contributed by atoms with Crippen molar-refractivity contribution in [2.75, 3.05) is 13.6 Å². The Bertz CT molecular complexity index is 1720. The van der Waals surface area contributed by atoms with E-state index in [4.69, 9.17) is 14.7 Å². The number of ether oxygens (including phenoxy) is 2. The quantitative estimate of drug-likeness (QED) is 0.0424. The monoisotopic (exact) mass is 723 g/mol. The number of likely N-dealkylation sites (N-methyl/N-ethyl adjacent to an activating group) is 1. The molecule has 0 unspecified atom stereocenters. The number of carbonyl (C=O) groups is 2. The van der Waals surface area contributed by atoms with E-state index in [9.17, 15) is 19.8 Å². The van der Waals surface area contributed by atoms with Crippen LogP contribution in [0.2, 0.25) is 0 Å². The van der Waals surface area contributed by atoms with Crippen molar-refractivity contribution in [1.29, 1.82) is 0 Å². The molecule has 10 nitrogen and oxygen atoms in total. The topological polar surface area (TPSA) is 141 Å². The number of amides is 2. The van der Waals surface area contributed by atoms with Crippen LogP contribution in [0.4, 0.5) is 0 Å². The molecule has 0 aromatic heterocycles. The molecule has 0 saturated carbocycles. The molecule has 1 heterocycles. The molecule has 5 N–H and O–H groups in total. The van der Waals surface area contributed by atoms with Gasteiger partial charge < -0.3 is 25.0 Å². The zero-order chi connectivity index (χ0) is 37.6. The predicted octanol–water partition coefficient (Wildman–Crippen LogP) is 6.91. The molecule has 5 atom stereocenters. The Morgan fingerprint density at radius 1 is 0.811 bits per heavy atom. The highest BCUT2D eigenvalue weighted by atomic mass is 16.7. The Morgan fingerprint density at radius 2 is 1.45 bits per heavy atom. The van der Waals surface area contributed by atoms with Crippen molar-refractivity contribution in [3.05, 3.63) is 131 Å². The van der Waals surface area contributed by atoms with Crippen LogP contribution >= 0.6 is 0 Å². The summed E-state index contributed by atoms with van der Waals surface area (Å²) in [7, 11) is 2.01. The minimum Gasteiger partial charge on any atom is -0.392 e. The fourth-order valence-electron chi connectivity index (χ4n) is 6.73. The van der Waals surface area contributed by atoms with Gasteiger partial charge in [-0.25, -0.2) is 5.48 Å². The van der Waals surface area contributed by atoms with E-state index in [2.05, 4.69) is 28.4 Å². The smallest absolute Gasteiger partial charge is 0.243 e. The van der Waals surface area contributed by atoms with Crippen LogP contribution in [0.5, 0.6) is 0 Å². The lowest BCUT2D eigenvalue weighted by molar-refractivity contribution is -0.253. The number of nitrogens with zero attached hydrogens (tertiary/aromatic N) is 1. The normalized spacial score (nSPS) is 18.3. The SMILES string of the molecule is C[C@@H]([C@H](O)c1ccccc1)N(C)C[C@H]1C[C@@H](c2ccc(CO)cc2)O[C@@H](c2ccc(-c3ccccc3CNC(=O)CCCCCCC(=O)NO)cc2)O1. The predicted molar refractivity (Wildman–Crippen MR) is 203 cm³/mol. The first-order chi connectivity index (χ1) is 25.7.